The molecule has 0 spiro atoms. The van der Waals surface area contributed by atoms with E-state index in [4.69, 9.17) is 9.72 Å². The number of rotatable bonds is 3. The van der Waals surface area contributed by atoms with Gasteiger partial charge in [-0.3, -0.25) is 4.68 Å². The van der Waals surface area contributed by atoms with Gasteiger partial charge in [0.1, 0.15) is 11.6 Å². The van der Waals surface area contributed by atoms with Crippen LogP contribution in [-0.4, -0.2) is 45.5 Å². The molecule has 0 aliphatic carbocycles. The van der Waals surface area contributed by atoms with Crippen LogP contribution in [0.3, 0.4) is 0 Å². The molecule has 23 heavy (non-hydrogen) atoms. The fourth-order valence-corrected chi connectivity index (χ4v) is 3.84. The molecule has 1 aliphatic heterocycles. The molecule has 1 saturated heterocycles. The van der Waals surface area contributed by atoms with Crippen molar-refractivity contribution in [2.75, 3.05) is 24.6 Å². The zero-order valence-corrected chi connectivity index (χ0v) is 13.9. The van der Waals surface area contributed by atoms with Crippen LogP contribution < -0.4 is 4.90 Å². The molecule has 0 bridgehead atoms. The van der Waals surface area contributed by atoms with Crippen LogP contribution in [0.25, 0.3) is 10.2 Å². The highest BCUT2D eigenvalue weighted by atomic mass is 32.1. The van der Waals surface area contributed by atoms with E-state index in [9.17, 15) is 0 Å². The van der Waals surface area contributed by atoms with E-state index >= 15 is 0 Å². The Bertz CT molecular complexity index is 785. The zero-order valence-electron chi connectivity index (χ0n) is 13.1. The Morgan fingerprint density at radius 3 is 3.22 bits per heavy atom. The lowest BCUT2D eigenvalue weighted by atomic mass is 10.3. The summed E-state index contributed by atoms with van der Waals surface area (Å²) in [6, 6.07) is 4.01. The first-order valence-corrected chi connectivity index (χ1v) is 8.73. The molecule has 1 atom stereocenters. The van der Waals surface area contributed by atoms with Gasteiger partial charge in [0, 0.05) is 32.1 Å². The summed E-state index contributed by atoms with van der Waals surface area (Å²) < 4.78 is 9.10. The first-order chi connectivity index (χ1) is 11.3. The highest BCUT2D eigenvalue weighted by Crippen LogP contribution is 2.29. The number of aryl methyl sites for hydroxylation is 1. The minimum atomic E-state index is 0.114. The molecule has 4 heterocycles. The van der Waals surface area contributed by atoms with Crippen LogP contribution in [0.15, 0.2) is 29.9 Å². The average Bonchev–Trinajstić information content (AvgIpc) is 3.15. The van der Waals surface area contributed by atoms with Crippen LogP contribution in [-0.2, 0) is 11.3 Å². The van der Waals surface area contributed by atoms with Crippen LogP contribution in [0.2, 0.25) is 0 Å². The van der Waals surface area contributed by atoms with Crippen molar-refractivity contribution in [2.24, 2.45) is 0 Å². The lowest BCUT2D eigenvalue weighted by Gasteiger charge is -2.25. The Morgan fingerprint density at radius 1 is 1.39 bits per heavy atom. The summed E-state index contributed by atoms with van der Waals surface area (Å²) in [5.41, 5.74) is 1.03. The van der Waals surface area contributed by atoms with Gasteiger partial charge in [-0.15, -0.1) is 11.3 Å². The van der Waals surface area contributed by atoms with Gasteiger partial charge in [-0.05, 0) is 30.9 Å². The van der Waals surface area contributed by atoms with E-state index in [0.29, 0.717) is 0 Å². The molecule has 0 N–H and O–H groups in total. The number of nitrogens with zero attached hydrogens (tertiary/aromatic N) is 5. The second kappa shape index (κ2) is 6.25. The maximum Gasteiger partial charge on any atom is 0.150 e. The van der Waals surface area contributed by atoms with Gasteiger partial charge in [0.2, 0.25) is 0 Å². The molecule has 3 aromatic heterocycles. The molecular formula is C16H19N5OS. The number of aromatic nitrogens is 4. The molecule has 120 valence electrons. The molecule has 0 aromatic carbocycles. The number of fused-ring (bicyclic) bond motifs is 1. The second-order valence-electron chi connectivity index (χ2n) is 5.75. The van der Waals surface area contributed by atoms with Crippen molar-refractivity contribution in [1.82, 2.24) is 19.7 Å². The molecular weight excluding hydrogens is 310 g/mol. The summed E-state index contributed by atoms with van der Waals surface area (Å²) in [5.74, 6) is 1.86. The lowest BCUT2D eigenvalue weighted by molar-refractivity contribution is 0.0543. The summed E-state index contributed by atoms with van der Waals surface area (Å²) in [4.78, 5) is 11.6. The van der Waals surface area contributed by atoms with Crippen molar-refractivity contribution in [2.45, 2.75) is 26.0 Å². The van der Waals surface area contributed by atoms with Crippen molar-refractivity contribution in [3.8, 4) is 0 Å². The van der Waals surface area contributed by atoms with E-state index in [1.165, 1.54) is 0 Å². The highest BCUT2D eigenvalue weighted by Gasteiger charge is 2.22. The van der Waals surface area contributed by atoms with Gasteiger partial charge in [0.25, 0.3) is 0 Å². The molecule has 0 amide bonds. The van der Waals surface area contributed by atoms with Gasteiger partial charge >= 0.3 is 0 Å². The molecule has 0 saturated carbocycles. The minimum Gasteiger partial charge on any atom is -0.374 e. The Hall–Kier alpha value is -1.99. The zero-order chi connectivity index (χ0) is 15.6. The predicted octanol–water partition coefficient (Wildman–Crippen LogP) is 2.49. The van der Waals surface area contributed by atoms with E-state index in [0.717, 1.165) is 54.5 Å². The van der Waals surface area contributed by atoms with Gasteiger partial charge < -0.3 is 9.64 Å². The van der Waals surface area contributed by atoms with Crippen LogP contribution >= 0.6 is 11.3 Å². The molecule has 7 heteroatoms. The lowest BCUT2D eigenvalue weighted by Crippen LogP contribution is -2.35. The van der Waals surface area contributed by atoms with E-state index in [2.05, 4.69) is 26.4 Å². The maximum atomic E-state index is 6.01. The normalized spacial score (nSPS) is 19.2. The topological polar surface area (TPSA) is 56.1 Å². The molecule has 0 radical (unpaired) electrons. The average molecular weight is 329 g/mol. The van der Waals surface area contributed by atoms with Crippen LogP contribution in [0, 0.1) is 6.92 Å². The summed E-state index contributed by atoms with van der Waals surface area (Å²) in [5, 5.41) is 6.37. The smallest absolute Gasteiger partial charge is 0.150 e. The van der Waals surface area contributed by atoms with E-state index in [-0.39, 0.29) is 6.10 Å². The number of hydrogen-bond donors (Lipinski definition) is 0. The fraction of sp³-hybridized carbons (Fsp3) is 0.438. The second-order valence-corrected chi connectivity index (χ2v) is 6.67. The van der Waals surface area contributed by atoms with Gasteiger partial charge in [-0.2, -0.15) is 5.10 Å². The van der Waals surface area contributed by atoms with E-state index in [1.807, 2.05) is 23.9 Å². The fourth-order valence-electron chi connectivity index (χ4n) is 2.99. The van der Waals surface area contributed by atoms with Crippen LogP contribution in [0.5, 0.6) is 0 Å². The van der Waals surface area contributed by atoms with Gasteiger partial charge in [-0.25, -0.2) is 9.97 Å². The number of ether oxygens (including phenoxy) is 1. The van der Waals surface area contributed by atoms with Crippen LogP contribution in [0.4, 0.5) is 5.82 Å². The van der Waals surface area contributed by atoms with Crippen molar-refractivity contribution >= 4 is 27.4 Å². The summed E-state index contributed by atoms with van der Waals surface area (Å²) in [7, 11) is 0. The Balaban J connectivity index is 1.62. The summed E-state index contributed by atoms with van der Waals surface area (Å²) >= 11 is 1.70. The predicted molar refractivity (Wildman–Crippen MR) is 90.9 cm³/mol. The quantitative estimate of drug-likeness (QED) is 0.739. The number of anilines is 1. The largest absolute Gasteiger partial charge is 0.374 e. The van der Waals surface area contributed by atoms with E-state index in [1.54, 1.807) is 17.5 Å². The Kier molecular flexibility index (Phi) is 3.97. The first kappa shape index (κ1) is 14.6. The molecule has 4 rings (SSSR count). The summed E-state index contributed by atoms with van der Waals surface area (Å²) in [6.45, 7) is 5.28. The number of thiophene rings is 1. The van der Waals surface area contributed by atoms with E-state index < -0.39 is 0 Å². The molecule has 1 fully saturated rings. The highest BCUT2D eigenvalue weighted by molar-refractivity contribution is 7.17. The summed E-state index contributed by atoms with van der Waals surface area (Å²) in [6.07, 6.45) is 4.90. The van der Waals surface area contributed by atoms with Gasteiger partial charge in [0.15, 0.2) is 0 Å². The molecule has 3 aromatic rings. The Morgan fingerprint density at radius 2 is 2.35 bits per heavy atom. The van der Waals surface area contributed by atoms with Crippen LogP contribution in [0.1, 0.15) is 12.2 Å². The minimum absolute atomic E-state index is 0.114. The third-order valence-corrected chi connectivity index (χ3v) is 4.90. The maximum absolute atomic E-state index is 6.01. The third kappa shape index (κ3) is 3.07. The molecule has 1 unspecified atom stereocenters. The van der Waals surface area contributed by atoms with Crippen molar-refractivity contribution < 1.29 is 4.74 Å². The van der Waals surface area contributed by atoms with Crippen molar-refractivity contribution in [1.29, 1.82) is 0 Å². The monoisotopic (exact) mass is 329 g/mol. The van der Waals surface area contributed by atoms with Gasteiger partial charge in [-0.1, -0.05) is 0 Å². The SMILES string of the molecule is Cc1nc(N2CCCOC(Cn3cccn3)C2)c2sccc2n1. The number of hydrogen-bond acceptors (Lipinski definition) is 6. The Labute approximate surface area is 138 Å². The van der Waals surface area contributed by atoms with Gasteiger partial charge in [0.05, 0.1) is 22.9 Å². The van der Waals surface area contributed by atoms with Crippen molar-refractivity contribution in [3.63, 3.8) is 0 Å². The molecule has 6 nitrogen and oxygen atoms in total. The standard InChI is InChI=1S/C16H19N5OS/c1-12-18-14-4-9-23-15(14)16(19-12)20-6-3-8-22-13(10-20)11-21-7-2-5-17-21/h2,4-5,7,9,13H,3,6,8,10-11H2,1H3. The van der Waals surface area contributed by atoms with Crippen molar-refractivity contribution in [3.05, 3.63) is 35.7 Å². The first-order valence-electron chi connectivity index (χ1n) is 7.85. The molecule has 1 aliphatic rings. The third-order valence-electron chi connectivity index (χ3n) is 4.00.